The molecule has 6 nitrogen and oxygen atoms in total. The number of nitrogens with zero attached hydrogens (tertiary/aromatic N) is 2. The number of carbonyl (C=O) groups excluding carboxylic acids is 2. The van der Waals surface area contributed by atoms with Crippen molar-refractivity contribution in [1.29, 1.82) is 0 Å². The van der Waals surface area contributed by atoms with E-state index in [2.05, 4.69) is 27.8 Å². The zero-order valence-electron chi connectivity index (χ0n) is 15.4. The van der Waals surface area contributed by atoms with E-state index in [0.29, 0.717) is 38.2 Å². The molecule has 3 rings (SSSR count). The van der Waals surface area contributed by atoms with E-state index in [0.717, 1.165) is 12.8 Å². The maximum atomic E-state index is 12.3. The number of nitrogens with one attached hydrogen (secondary N) is 2. The van der Waals surface area contributed by atoms with Crippen LogP contribution in [0, 0.1) is 5.92 Å². The smallest absolute Gasteiger partial charge is 0.321 e. The zero-order chi connectivity index (χ0) is 18.9. The number of rotatable bonds is 6. The number of amides is 3. The van der Waals surface area contributed by atoms with Crippen molar-refractivity contribution in [2.24, 2.45) is 5.92 Å². The molecule has 1 fully saturated rings. The molecule has 2 aromatic rings. The number of aryl methyl sites for hydroxylation is 1. The first-order valence-corrected chi connectivity index (χ1v) is 9.50. The first-order chi connectivity index (χ1) is 13.2. The van der Waals surface area contributed by atoms with Gasteiger partial charge in [0.2, 0.25) is 5.91 Å². The van der Waals surface area contributed by atoms with E-state index < -0.39 is 0 Å². The average molecular weight is 366 g/mol. The van der Waals surface area contributed by atoms with Crippen LogP contribution in [0.2, 0.25) is 0 Å². The molecule has 0 saturated carbocycles. The van der Waals surface area contributed by atoms with Gasteiger partial charge in [-0.25, -0.2) is 4.79 Å². The van der Waals surface area contributed by atoms with E-state index in [1.54, 1.807) is 29.4 Å². The minimum absolute atomic E-state index is 0.0100. The lowest BCUT2D eigenvalue weighted by Crippen LogP contribution is -2.44. The number of anilines is 1. The van der Waals surface area contributed by atoms with Gasteiger partial charge >= 0.3 is 6.03 Å². The summed E-state index contributed by atoms with van der Waals surface area (Å²) in [6, 6.07) is 13.7. The van der Waals surface area contributed by atoms with E-state index in [1.165, 1.54) is 5.56 Å². The molecular formula is C21H26N4O2. The minimum Gasteiger partial charge on any atom is -0.356 e. The molecule has 0 aliphatic carbocycles. The van der Waals surface area contributed by atoms with Crippen LogP contribution in [-0.4, -0.2) is 41.5 Å². The molecular weight excluding hydrogens is 340 g/mol. The van der Waals surface area contributed by atoms with Gasteiger partial charge < -0.3 is 15.5 Å². The van der Waals surface area contributed by atoms with E-state index >= 15 is 0 Å². The highest BCUT2D eigenvalue weighted by atomic mass is 16.2. The van der Waals surface area contributed by atoms with Crippen LogP contribution >= 0.6 is 0 Å². The summed E-state index contributed by atoms with van der Waals surface area (Å²) in [5.41, 5.74) is 1.97. The molecule has 3 amide bonds. The summed E-state index contributed by atoms with van der Waals surface area (Å²) in [4.78, 5) is 30.4. The van der Waals surface area contributed by atoms with Crippen LogP contribution in [0.3, 0.4) is 0 Å². The van der Waals surface area contributed by atoms with Gasteiger partial charge in [-0.05, 0) is 43.4 Å². The van der Waals surface area contributed by atoms with E-state index in [9.17, 15) is 9.59 Å². The zero-order valence-corrected chi connectivity index (χ0v) is 15.4. The summed E-state index contributed by atoms with van der Waals surface area (Å²) in [7, 11) is 0. The number of pyridine rings is 1. The first-order valence-electron chi connectivity index (χ1n) is 9.50. The van der Waals surface area contributed by atoms with Gasteiger partial charge in [-0.1, -0.05) is 30.3 Å². The molecule has 142 valence electrons. The van der Waals surface area contributed by atoms with Gasteiger partial charge in [0.05, 0.1) is 11.9 Å². The Labute approximate surface area is 160 Å². The summed E-state index contributed by atoms with van der Waals surface area (Å²) < 4.78 is 0. The molecule has 2 N–H and O–H groups in total. The van der Waals surface area contributed by atoms with Gasteiger partial charge in [-0.3, -0.25) is 9.78 Å². The van der Waals surface area contributed by atoms with Gasteiger partial charge in [0.15, 0.2) is 0 Å². The molecule has 0 atom stereocenters. The molecule has 0 radical (unpaired) electrons. The van der Waals surface area contributed by atoms with Crippen LogP contribution in [0.4, 0.5) is 10.5 Å². The quantitative estimate of drug-likeness (QED) is 0.772. The highest BCUT2D eigenvalue weighted by Crippen LogP contribution is 2.18. The largest absolute Gasteiger partial charge is 0.356 e. The maximum absolute atomic E-state index is 12.3. The summed E-state index contributed by atoms with van der Waals surface area (Å²) in [5.74, 6) is 0.0968. The third kappa shape index (κ3) is 5.81. The van der Waals surface area contributed by atoms with Crippen molar-refractivity contribution >= 4 is 17.6 Å². The Morgan fingerprint density at radius 1 is 1.07 bits per heavy atom. The minimum atomic E-state index is -0.135. The maximum Gasteiger partial charge on any atom is 0.321 e. The lowest BCUT2D eigenvalue weighted by atomic mass is 9.96. The van der Waals surface area contributed by atoms with Crippen molar-refractivity contribution in [3.8, 4) is 0 Å². The molecule has 1 aliphatic heterocycles. The Balaban J connectivity index is 1.34. The van der Waals surface area contributed by atoms with Crippen molar-refractivity contribution < 1.29 is 9.59 Å². The SMILES string of the molecule is O=C(NCCCc1ccccc1)C1CCN(C(=O)Nc2cccnc2)CC1. The number of benzene rings is 1. The fraction of sp³-hybridized carbons (Fsp3) is 0.381. The molecule has 0 spiro atoms. The highest BCUT2D eigenvalue weighted by Gasteiger charge is 2.27. The summed E-state index contributed by atoms with van der Waals surface area (Å²) in [5, 5.41) is 5.88. The number of likely N-dealkylation sites (tertiary alicyclic amines) is 1. The van der Waals surface area contributed by atoms with E-state index in [4.69, 9.17) is 0 Å². The molecule has 1 aliphatic rings. The molecule has 1 aromatic carbocycles. The highest BCUT2D eigenvalue weighted by molar-refractivity contribution is 5.89. The fourth-order valence-corrected chi connectivity index (χ4v) is 3.28. The third-order valence-electron chi connectivity index (χ3n) is 4.85. The topological polar surface area (TPSA) is 74.3 Å². The summed E-state index contributed by atoms with van der Waals surface area (Å²) in [6.45, 7) is 1.87. The number of carbonyl (C=O) groups is 2. The van der Waals surface area contributed by atoms with E-state index in [1.807, 2.05) is 18.2 Å². The molecule has 2 heterocycles. The van der Waals surface area contributed by atoms with Gasteiger partial charge in [0, 0.05) is 31.7 Å². The van der Waals surface area contributed by atoms with Crippen LogP contribution in [0.25, 0.3) is 0 Å². The van der Waals surface area contributed by atoms with Gasteiger partial charge in [0.1, 0.15) is 0 Å². The first kappa shape index (κ1) is 18.9. The van der Waals surface area contributed by atoms with Gasteiger partial charge in [-0.2, -0.15) is 0 Å². The molecule has 1 aromatic heterocycles. The Hall–Kier alpha value is -2.89. The summed E-state index contributed by atoms with van der Waals surface area (Å²) >= 11 is 0. The predicted molar refractivity (Wildman–Crippen MR) is 105 cm³/mol. The lowest BCUT2D eigenvalue weighted by molar-refractivity contribution is -0.126. The third-order valence-corrected chi connectivity index (χ3v) is 4.85. The monoisotopic (exact) mass is 366 g/mol. The second-order valence-corrected chi connectivity index (χ2v) is 6.81. The molecule has 0 bridgehead atoms. The second kappa shape index (κ2) is 9.71. The van der Waals surface area contributed by atoms with Gasteiger partial charge in [0.25, 0.3) is 0 Å². The van der Waals surface area contributed by atoms with E-state index in [-0.39, 0.29) is 17.9 Å². The molecule has 0 unspecified atom stereocenters. The lowest BCUT2D eigenvalue weighted by Gasteiger charge is -2.31. The fourth-order valence-electron chi connectivity index (χ4n) is 3.28. The average Bonchev–Trinajstić information content (AvgIpc) is 2.72. The summed E-state index contributed by atoms with van der Waals surface area (Å²) in [6.07, 6.45) is 6.58. The van der Waals surface area contributed by atoms with Crippen LogP contribution in [0.1, 0.15) is 24.8 Å². The van der Waals surface area contributed by atoms with Crippen molar-refractivity contribution in [2.75, 3.05) is 25.0 Å². The Morgan fingerprint density at radius 2 is 1.85 bits per heavy atom. The molecule has 27 heavy (non-hydrogen) atoms. The number of hydrogen-bond acceptors (Lipinski definition) is 3. The number of hydrogen-bond donors (Lipinski definition) is 2. The van der Waals surface area contributed by atoms with Crippen molar-refractivity contribution in [3.63, 3.8) is 0 Å². The Bertz CT molecular complexity index is 728. The number of urea groups is 1. The molecule has 1 saturated heterocycles. The van der Waals surface area contributed by atoms with Crippen molar-refractivity contribution in [2.45, 2.75) is 25.7 Å². The normalized spacial score (nSPS) is 14.6. The van der Waals surface area contributed by atoms with Crippen LogP contribution < -0.4 is 10.6 Å². The second-order valence-electron chi connectivity index (χ2n) is 6.81. The van der Waals surface area contributed by atoms with Gasteiger partial charge in [-0.15, -0.1) is 0 Å². The number of piperidine rings is 1. The Kier molecular flexibility index (Phi) is 6.79. The Morgan fingerprint density at radius 3 is 2.56 bits per heavy atom. The standard InChI is InChI=1S/C21H26N4O2/c26-20(23-13-4-8-17-6-2-1-3-7-17)18-10-14-25(15-11-18)21(27)24-19-9-5-12-22-16-19/h1-3,5-7,9,12,16,18H,4,8,10-11,13-15H2,(H,23,26)(H,24,27). The van der Waals surface area contributed by atoms with Crippen molar-refractivity contribution in [3.05, 3.63) is 60.4 Å². The van der Waals surface area contributed by atoms with Crippen LogP contribution in [0.15, 0.2) is 54.9 Å². The van der Waals surface area contributed by atoms with Crippen molar-refractivity contribution in [1.82, 2.24) is 15.2 Å². The van der Waals surface area contributed by atoms with Crippen LogP contribution in [-0.2, 0) is 11.2 Å². The van der Waals surface area contributed by atoms with Crippen LogP contribution in [0.5, 0.6) is 0 Å². The predicted octanol–water partition coefficient (Wildman–Crippen LogP) is 3.07. The molecule has 6 heteroatoms. The number of aromatic nitrogens is 1.